The average Bonchev–Trinajstić information content (AvgIpc) is 2.85. The highest BCUT2D eigenvalue weighted by Crippen LogP contribution is 2.27. The summed E-state index contributed by atoms with van der Waals surface area (Å²) in [7, 11) is -1.60. The molecule has 2 rings (SSSR count). The summed E-state index contributed by atoms with van der Waals surface area (Å²) in [6, 6.07) is 2.94. The number of benzene rings is 1. The fourth-order valence-corrected chi connectivity index (χ4v) is 4.32. The van der Waals surface area contributed by atoms with Crippen molar-refractivity contribution < 1.29 is 22.7 Å². The van der Waals surface area contributed by atoms with Crippen LogP contribution >= 0.6 is 11.6 Å². The predicted molar refractivity (Wildman–Crippen MR) is 94.8 cm³/mol. The number of sulfone groups is 1. The van der Waals surface area contributed by atoms with Gasteiger partial charge in [-0.2, -0.15) is 0 Å². The molecule has 10 heteroatoms. The monoisotopic (exact) mass is 389 g/mol. The van der Waals surface area contributed by atoms with Crippen LogP contribution < -0.4 is 20.7 Å². The number of ether oxygens (including phenoxy) is 1. The van der Waals surface area contributed by atoms with E-state index in [4.69, 9.17) is 16.3 Å². The Morgan fingerprint density at radius 1 is 1.36 bits per heavy atom. The number of amides is 3. The summed E-state index contributed by atoms with van der Waals surface area (Å²) >= 11 is 5.99. The number of carbonyl (C=O) groups excluding carboxylic acids is 2. The Labute approximate surface area is 151 Å². The Kier molecular flexibility index (Phi) is 6.12. The number of methoxy groups -OCH3 is 1. The van der Waals surface area contributed by atoms with Crippen LogP contribution in [0.25, 0.3) is 0 Å². The van der Waals surface area contributed by atoms with E-state index in [0.29, 0.717) is 22.9 Å². The van der Waals surface area contributed by atoms with Gasteiger partial charge in [0.15, 0.2) is 9.84 Å². The lowest BCUT2D eigenvalue weighted by Crippen LogP contribution is -2.49. The van der Waals surface area contributed by atoms with Crippen molar-refractivity contribution in [1.82, 2.24) is 10.6 Å². The van der Waals surface area contributed by atoms with Crippen molar-refractivity contribution in [3.05, 3.63) is 23.2 Å². The van der Waals surface area contributed by atoms with Crippen LogP contribution in [0.5, 0.6) is 5.75 Å². The number of halogens is 1. The van der Waals surface area contributed by atoms with Gasteiger partial charge in [-0.05, 0) is 31.5 Å². The first-order chi connectivity index (χ1) is 11.7. The molecule has 1 aromatic rings. The lowest BCUT2D eigenvalue weighted by molar-refractivity contribution is -0.117. The Morgan fingerprint density at radius 3 is 2.64 bits per heavy atom. The first-order valence-electron chi connectivity index (χ1n) is 7.62. The molecule has 0 aliphatic carbocycles. The van der Waals surface area contributed by atoms with E-state index in [1.54, 1.807) is 12.1 Å². The summed E-state index contributed by atoms with van der Waals surface area (Å²) in [5, 5.41) is 8.02. The van der Waals surface area contributed by atoms with Crippen molar-refractivity contribution in [1.29, 1.82) is 0 Å². The standard InChI is InChI=1S/C15H20ClN3O5S/c1-9(17-15(21)19-11-5-6-25(22,23)8-11)14(20)18-10-3-4-13(24-2)12(16)7-10/h3-4,7,9,11H,5-6,8H2,1-2H3,(H,18,20)(H2,17,19,21)/t9-,11-/m0/s1. The van der Waals surface area contributed by atoms with Gasteiger partial charge in [0.05, 0.1) is 23.6 Å². The van der Waals surface area contributed by atoms with E-state index in [9.17, 15) is 18.0 Å². The normalized spacial score (nSPS) is 19.7. The lowest BCUT2D eigenvalue weighted by Gasteiger charge is -2.17. The van der Waals surface area contributed by atoms with E-state index in [1.807, 2.05) is 0 Å². The summed E-state index contributed by atoms with van der Waals surface area (Å²) in [5.41, 5.74) is 0.465. The van der Waals surface area contributed by atoms with Crippen molar-refractivity contribution >= 4 is 39.1 Å². The summed E-state index contributed by atoms with van der Waals surface area (Å²) in [6.45, 7) is 1.52. The van der Waals surface area contributed by atoms with Crippen molar-refractivity contribution in [2.45, 2.75) is 25.4 Å². The molecule has 0 radical (unpaired) electrons. The third kappa shape index (κ3) is 5.50. The molecule has 3 amide bonds. The summed E-state index contributed by atoms with van der Waals surface area (Å²) in [6.07, 6.45) is 0.376. The second-order valence-electron chi connectivity index (χ2n) is 5.78. The van der Waals surface area contributed by atoms with Gasteiger partial charge in [-0.25, -0.2) is 13.2 Å². The highest BCUT2D eigenvalue weighted by molar-refractivity contribution is 7.91. The molecule has 0 spiro atoms. The quantitative estimate of drug-likeness (QED) is 0.699. The molecule has 8 nitrogen and oxygen atoms in total. The lowest BCUT2D eigenvalue weighted by atomic mass is 10.2. The Hall–Kier alpha value is -2.00. The molecule has 0 bridgehead atoms. The maximum atomic E-state index is 12.1. The fourth-order valence-electron chi connectivity index (χ4n) is 2.39. The first kappa shape index (κ1) is 19.3. The fraction of sp³-hybridized carbons (Fsp3) is 0.467. The van der Waals surface area contributed by atoms with Gasteiger partial charge in [-0.1, -0.05) is 11.6 Å². The number of hydrogen-bond donors (Lipinski definition) is 3. The molecule has 0 saturated carbocycles. The van der Waals surface area contributed by atoms with Gasteiger partial charge in [0.25, 0.3) is 0 Å². The Bertz CT molecular complexity index is 768. The zero-order chi connectivity index (χ0) is 18.6. The molecule has 0 unspecified atom stereocenters. The number of urea groups is 1. The zero-order valence-electron chi connectivity index (χ0n) is 13.8. The molecule has 1 aliphatic heterocycles. The number of nitrogens with one attached hydrogen (secondary N) is 3. The van der Waals surface area contributed by atoms with Gasteiger partial charge < -0.3 is 20.7 Å². The molecular weight excluding hydrogens is 370 g/mol. The van der Waals surface area contributed by atoms with Gasteiger partial charge >= 0.3 is 6.03 Å². The van der Waals surface area contributed by atoms with Gasteiger partial charge in [0.2, 0.25) is 5.91 Å². The molecule has 3 N–H and O–H groups in total. The summed E-state index contributed by atoms with van der Waals surface area (Å²) in [4.78, 5) is 24.0. The number of carbonyl (C=O) groups is 2. The van der Waals surface area contributed by atoms with E-state index in [1.165, 1.54) is 20.1 Å². The minimum atomic E-state index is -3.08. The summed E-state index contributed by atoms with van der Waals surface area (Å²) < 4.78 is 27.8. The van der Waals surface area contributed by atoms with E-state index in [-0.39, 0.29) is 11.5 Å². The van der Waals surface area contributed by atoms with Crippen LogP contribution in [0.2, 0.25) is 5.02 Å². The molecule has 1 fully saturated rings. The SMILES string of the molecule is COc1ccc(NC(=O)[C@H](C)NC(=O)N[C@H]2CCS(=O)(=O)C2)cc1Cl. The molecule has 1 heterocycles. The molecular formula is C15H20ClN3O5S. The molecule has 1 saturated heterocycles. The number of rotatable bonds is 5. The molecule has 2 atom stereocenters. The van der Waals surface area contributed by atoms with E-state index in [2.05, 4.69) is 16.0 Å². The summed E-state index contributed by atoms with van der Waals surface area (Å²) in [5.74, 6) is 0.0320. The Morgan fingerprint density at radius 2 is 2.08 bits per heavy atom. The van der Waals surface area contributed by atoms with E-state index < -0.39 is 33.9 Å². The highest BCUT2D eigenvalue weighted by atomic mass is 35.5. The van der Waals surface area contributed by atoms with Gasteiger partial charge in [0, 0.05) is 11.7 Å². The van der Waals surface area contributed by atoms with Crippen LogP contribution in [0, 0.1) is 0 Å². The molecule has 138 valence electrons. The van der Waals surface area contributed by atoms with Crippen molar-refractivity contribution in [3.8, 4) is 5.75 Å². The molecule has 1 aliphatic rings. The van der Waals surface area contributed by atoms with Crippen LogP contribution in [0.15, 0.2) is 18.2 Å². The largest absolute Gasteiger partial charge is 0.495 e. The topological polar surface area (TPSA) is 114 Å². The van der Waals surface area contributed by atoms with Crippen molar-refractivity contribution in [3.63, 3.8) is 0 Å². The second-order valence-corrected chi connectivity index (χ2v) is 8.41. The van der Waals surface area contributed by atoms with Crippen molar-refractivity contribution in [2.75, 3.05) is 23.9 Å². The smallest absolute Gasteiger partial charge is 0.315 e. The van der Waals surface area contributed by atoms with Crippen LogP contribution in [0.1, 0.15) is 13.3 Å². The van der Waals surface area contributed by atoms with Gasteiger partial charge in [0.1, 0.15) is 11.8 Å². The number of hydrogen-bond acceptors (Lipinski definition) is 5. The minimum Gasteiger partial charge on any atom is -0.495 e. The third-order valence-electron chi connectivity index (χ3n) is 3.73. The molecule has 1 aromatic carbocycles. The van der Waals surface area contributed by atoms with Gasteiger partial charge in [-0.15, -0.1) is 0 Å². The predicted octanol–water partition coefficient (Wildman–Crippen LogP) is 1.16. The number of anilines is 1. The zero-order valence-corrected chi connectivity index (χ0v) is 15.4. The van der Waals surface area contributed by atoms with Gasteiger partial charge in [-0.3, -0.25) is 4.79 Å². The van der Waals surface area contributed by atoms with E-state index >= 15 is 0 Å². The highest BCUT2D eigenvalue weighted by Gasteiger charge is 2.29. The van der Waals surface area contributed by atoms with Crippen LogP contribution in [0.4, 0.5) is 10.5 Å². The minimum absolute atomic E-state index is 0.0617. The van der Waals surface area contributed by atoms with Crippen LogP contribution in [0.3, 0.4) is 0 Å². The molecule has 25 heavy (non-hydrogen) atoms. The molecule has 0 aromatic heterocycles. The maximum absolute atomic E-state index is 12.1. The van der Waals surface area contributed by atoms with E-state index in [0.717, 1.165) is 0 Å². The second kappa shape index (κ2) is 7.92. The Balaban J connectivity index is 1.85. The first-order valence-corrected chi connectivity index (χ1v) is 9.82. The maximum Gasteiger partial charge on any atom is 0.315 e. The average molecular weight is 390 g/mol. The van der Waals surface area contributed by atoms with Crippen LogP contribution in [-0.2, 0) is 14.6 Å². The van der Waals surface area contributed by atoms with Crippen LogP contribution in [-0.4, -0.2) is 51.1 Å². The van der Waals surface area contributed by atoms with Crippen molar-refractivity contribution in [2.24, 2.45) is 0 Å². The third-order valence-corrected chi connectivity index (χ3v) is 5.79.